The summed E-state index contributed by atoms with van der Waals surface area (Å²) >= 11 is 0. The first-order valence-corrected chi connectivity index (χ1v) is 6.69. The van der Waals surface area contributed by atoms with Crippen molar-refractivity contribution in [1.29, 1.82) is 0 Å². The molecule has 100 valence electrons. The van der Waals surface area contributed by atoms with E-state index < -0.39 is 0 Å². The third-order valence-corrected chi connectivity index (χ3v) is 3.42. The number of pyridine rings is 1. The number of hydrogen-bond acceptors (Lipinski definition) is 3. The lowest BCUT2D eigenvalue weighted by molar-refractivity contribution is 0.0717. The molecule has 0 bridgehead atoms. The summed E-state index contributed by atoms with van der Waals surface area (Å²) in [6, 6.07) is 3.59. The summed E-state index contributed by atoms with van der Waals surface area (Å²) in [4.78, 5) is 11.9. The Hall–Kier alpha value is -1.13. The number of hydrogen-bond donors (Lipinski definition) is 1. The van der Waals surface area contributed by atoms with E-state index >= 15 is 0 Å². The van der Waals surface area contributed by atoms with Crippen LogP contribution in [0, 0.1) is 0 Å². The standard InChI is InChI=1S/C14H22N2O2/c1-10(2)18-9-8-16-13-5-3-4-12(15)11(13)6-7-14(16)17/h6-7,10,12H,3-5,8-9,15H2,1-2H3. The summed E-state index contributed by atoms with van der Waals surface area (Å²) < 4.78 is 7.36. The first-order chi connectivity index (χ1) is 8.59. The van der Waals surface area contributed by atoms with Crippen molar-refractivity contribution in [3.8, 4) is 0 Å². The van der Waals surface area contributed by atoms with Gasteiger partial charge in [-0.2, -0.15) is 0 Å². The smallest absolute Gasteiger partial charge is 0.250 e. The zero-order valence-corrected chi connectivity index (χ0v) is 11.2. The third-order valence-electron chi connectivity index (χ3n) is 3.42. The lowest BCUT2D eigenvalue weighted by Gasteiger charge is -2.25. The number of nitrogens with zero attached hydrogens (tertiary/aromatic N) is 1. The quantitative estimate of drug-likeness (QED) is 0.883. The van der Waals surface area contributed by atoms with Crippen molar-refractivity contribution in [2.24, 2.45) is 5.73 Å². The highest BCUT2D eigenvalue weighted by atomic mass is 16.5. The molecule has 0 radical (unpaired) electrons. The minimum absolute atomic E-state index is 0.0511. The van der Waals surface area contributed by atoms with E-state index in [1.165, 1.54) is 0 Å². The van der Waals surface area contributed by atoms with Crippen LogP contribution in [-0.2, 0) is 17.7 Å². The number of ether oxygens (including phenoxy) is 1. The number of aromatic nitrogens is 1. The summed E-state index contributed by atoms with van der Waals surface area (Å²) in [5.74, 6) is 0. The van der Waals surface area contributed by atoms with Crippen LogP contribution in [-0.4, -0.2) is 17.3 Å². The van der Waals surface area contributed by atoms with Gasteiger partial charge in [-0.15, -0.1) is 0 Å². The van der Waals surface area contributed by atoms with E-state index in [1.807, 2.05) is 24.5 Å². The van der Waals surface area contributed by atoms with Crippen molar-refractivity contribution < 1.29 is 4.74 Å². The molecule has 2 rings (SSSR count). The van der Waals surface area contributed by atoms with E-state index in [2.05, 4.69) is 0 Å². The molecule has 0 spiro atoms. The van der Waals surface area contributed by atoms with Crippen LogP contribution in [0.2, 0.25) is 0 Å². The summed E-state index contributed by atoms with van der Waals surface area (Å²) in [6.07, 6.45) is 3.21. The summed E-state index contributed by atoms with van der Waals surface area (Å²) in [6.45, 7) is 5.19. The molecule has 1 aliphatic rings. The normalized spacial score (nSPS) is 19.0. The molecule has 0 aliphatic heterocycles. The first-order valence-electron chi connectivity index (χ1n) is 6.69. The molecule has 1 aromatic rings. The predicted molar refractivity (Wildman–Crippen MR) is 71.7 cm³/mol. The second kappa shape index (κ2) is 5.67. The van der Waals surface area contributed by atoms with E-state index in [4.69, 9.17) is 10.5 Å². The average Bonchev–Trinajstić information content (AvgIpc) is 2.32. The Morgan fingerprint density at radius 3 is 3.00 bits per heavy atom. The van der Waals surface area contributed by atoms with Gasteiger partial charge in [-0.05, 0) is 38.7 Å². The van der Waals surface area contributed by atoms with Crippen LogP contribution in [0.1, 0.15) is 44.0 Å². The Kier molecular flexibility index (Phi) is 4.19. The van der Waals surface area contributed by atoms with Gasteiger partial charge < -0.3 is 15.0 Å². The topological polar surface area (TPSA) is 57.2 Å². The average molecular weight is 250 g/mol. The zero-order valence-electron chi connectivity index (χ0n) is 11.2. The summed E-state index contributed by atoms with van der Waals surface area (Å²) in [5.41, 5.74) is 8.38. The maximum atomic E-state index is 11.9. The fourth-order valence-corrected chi connectivity index (χ4v) is 2.52. The van der Waals surface area contributed by atoms with Crippen molar-refractivity contribution in [2.45, 2.75) is 51.8 Å². The van der Waals surface area contributed by atoms with Gasteiger partial charge in [0.1, 0.15) is 0 Å². The van der Waals surface area contributed by atoms with Gasteiger partial charge in [-0.3, -0.25) is 4.79 Å². The highest BCUT2D eigenvalue weighted by Crippen LogP contribution is 2.26. The lowest BCUT2D eigenvalue weighted by atomic mass is 9.91. The largest absolute Gasteiger partial charge is 0.377 e. The molecular formula is C14H22N2O2. The van der Waals surface area contributed by atoms with Crippen LogP contribution in [0.3, 0.4) is 0 Å². The fraction of sp³-hybridized carbons (Fsp3) is 0.643. The molecule has 0 saturated heterocycles. The van der Waals surface area contributed by atoms with E-state index in [1.54, 1.807) is 6.07 Å². The van der Waals surface area contributed by atoms with Gasteiger partial charge in [0.15, 0.2) is 0 Å². The molecule has 0 saturated carbocycles. The molecule has 1 aromatic heterocycles. The maximum Gasteiger partial charge on any atom is 0.250 e. The Bertz CT molecular complexity index is 465. The molecule has 4 heteroatoms. The van der Waals surface area contributed by atoms with Crippen molar-refractivity contribution >= 4 is 0 Å². The number of nitrogens with two attached hydrogens (primary N) is 1. The molecule has 4 nitrogen and oxygen atoms in total. The molecule has 2 N–H and O–H groups in total. The van der Waals surface area contributed by atoms with Crippen LogP contribution < -0.4 is 11.3 Å². The van der Waals surface area contributed by atoms with Gasteiger partial charge in [-0.25, -0.2) is 0 Å². The van der Waals surface area contributed by atoms with Gasteiger partial charge in [0, 0.05) is 24.3 Å². The summed E-state index contributed by atoms with van der Waals surface area (Å²) in [7, 11) is 0. The summed E-state index contributed by atoms with van der Waals surface area (Å²) in [5, 5.41) is 0. The van der Waals surface area contributed by atoms with Crippen LogP contribution in [0.5, 0.6) is 0 Å². The van der Waals surface area contributed by atoms with Gasteiger partial charge >= 0.3 is 0 Å². The molecule has 1 unspecified atom stereocenters. The number of fused-ring (bicyclic) bond motifs is 1. The van der Waals surface area contributed by atoms with E-state index in [-0.39, 0.29) is 17.7 Å². The molecule has 18 heavy (non-hydrogen) atoms. The van der Waals surface area contributed by atoms with Crippen molar-refractivity contribution in [2.75, 3.05) is 6.61 Å². The highest BCUT2D eigenvalue weighted by Gasteiger charge is 2.19. The highest BCUT2D eigenvalue weighted by molar-refractivity contribution is 5.27. The second-order valence-corrected chi connectivity index (χ2v) is 5.14. The van der Waals surface area contributed by atoms with Crippen LogP contribution >= 0.6 is 0 Å². The molecule has 0 fully saturated rings. The Morgan fingerprint density at radius 2 is 2.28 bits per heavy atom. The Labute approximate surface area is 108 Å². The second-order valence-electron chi connectivity index (χ2n) is 5.14. The fourth-order valence-electron chi connectivity index (χ4n) is 2.52. The van der Waals surface area contributed by atoms with Gasteiger partial charge in [0.2, 0.25) is 0 Å². The minimum Gasteiger partial charge on any atom is -0.377 e. The van der Waals surface area contributed by atoms with Crippen molar-refractivity contribution in [1.82, 2.24) is 4.57 Å². The van der Waals surface area contributed by atoms with Crippen molar-refractivity contribution in [3.63, 3.8) is 0 Å². The van der Waals surface area contributed by atoms with E-state index in [9.17, 15) is 4.79 Å². The SMILES string of the molecule is CC(C)OCCn1c2c(ccc1=O)C(N)CCC2. The zero-order chi connectivity index (χ0) is 13.1. The molecule has 1 atom stereocenters. The molecule has 1 aliphatic carbocycles. The monoisotopic (exact) mass is 250 g/mol. The van der Waals surface area contributed by atoms with Gasteiger partial charge in [0.05, 0.1) is 12.7 Å². The van der Waals surface area contributed by atoms with Crippen LogP contribution in [0.25, 0.3) is 0 Å². The van der Waals surface area contributed by atoms with Gasteiger partial charge in [-0.1, -0.05) is 6.07 Å². The molecule has 0 aromatic carbocycles. The third kappa shape index (κ3) is 2.82. The van der Waals surface area contributed by atoms with Crippen molar-refractivity contribution in [3.05, 3.63) is 33.7 Å². The molecular weight excluding hydrogens is 228 g/mol. The minimum atomic E-state index is 0.0511. The molecule has 1 heterocycles. The van der Waals surface area contributed by atoms with E-state index in [0.29, 0.717) is 13.2 Å². The van der Waals surface area contributed by atoms with Crippen LogP contribution in [0.4, 0.5) is 0 Å². The maximum absolute atomic E-state index is 11.9. The number of rotatable bonds is 4. The molecule has 0 amide bonds. The van der Waals surface area contributed by atoms with E-state index in [0.717, 1.165) is 30.5 Å². The lowest BCUT2D eigenvalue weighted by Crippen LogP contribution is -2.30. The Morgan fingerprint density at radius 1 is 1.50 bits per heavy atom. The first kappa shape index (κ1) is 13.3. The predicted octanol–water partition coefficient (Wildman–Crippen LogP) is 1.61. The Balaban J connectivity index is 2.23. The van der Waals surface area contributed by atoms with Crippen LogP contribution in [0.15, 0.2) is 16.9 Å². The van der Waals surface area contributed by atoms with Gasteiger partial charge in [0.25, 0.3) is 5.56 Å².